The van der Waals surface area contributed by atoms with E-state index in [1.165, 1.54) is 25.9 Å². The highest BCUT2D eigenvalue weighted by Gasteiger charge is 2.26. The fourth-order valence-electron chi connectivity index (χ4n) is 3.55. The highest BCUT2D eigenvalue weighted by atomic mass is 15.3. The molecule has 0 aliphatic carbocycles. The number of hydrogen-bond acceptors (Lipinski definition) is 4. The van der Waals surface area contributed by atoms with E-state index < -0.39 is 0 Å². The maximum atomic E-state index is 6.09. The Kier molecular flexibility index (Phi) is 4.08. The van der Waals surface area contributed by atoms with Gasteiger partial charge in [0.1, 0.15) is 11.6 Å². The minimum Gasteiger partial charge on any atom is -0.326 e. The van der Waals surface area contributed by atoms with Gasteiger partial charge in [-0.25, -0.2) is 0 Å². The molecule has 1 fully saturated rings. The molecule has 5 nitrogen and oxygen atoms in total. The Morgan fingerprint density at radius 3 is 2.90 bits per heavy atom. The average Bonchev–Trinajstić information content (AvgIpc) is 2.82. The Bertz CT molecular complexity index is 453. The van der Waals surface area contributed by atoms with E-state index in [4.69, 9.17) is 5.73 Å². The minimum atomic E-state index is 0.274. The van der Waals surface area contributed by atoms with Crippen LogP contribution in [0.15, 0.2) is 0 Å². The van der Waals surface area contributed by atoms with Gasteiger partial charge in [0.2, 0.25) is 0 Å². The van der Waals surface area contributed by atoms with E-state index >= 15 is 0 Å². The first-order valence-electron chi connectivity index (χ1n) is 8.04. The smallest absolute Gasteiger partial charge is 0.133 e. The predicted molar refractivity (Wildman–Crippen MR) is 79.5 cm³/mol. The van der Waals surface area contributed by atoms with Gasteiger partial charge in [0.25, 0.3) is 0 Å². The van der Waals surface area contributed by atoms with Crippen LogP contribution in [0.3, 0.4) is 0 Å². The molecular weight excluding hydrogens is 250 g/mol. The lowest BCUT2D eigenvalue weighted by Crippen LogP contribution is -2.41. The normalized spacial score (nSPS) is 27.8. The zero-order chi connectivity index (χ0) is 14.1. The summed E-state index contributed by atoms with van der Waals surface area (Å²) in [4.78, 5) is 2.59. The summed E-state index contributed by atoms with van der Waals surface area (Å²) in [6.45, 7) is 7.93. The third kappa shape index (κ3) is 2.88. The zero-order valence-electron chi connectivity index (χ0n) is 12.8. The monoisotopic (exact) mass is 277 g/mol. The number of rotatable bonds is 3. The fourth-order valence-corrected chi connectivity index (χ4v) is 3.55. The summed E-state index contributed by atoms with van der Waals surface area (Å²) in [5, 5.41) is 8.79. The number of likely N-dealkylation sites (tertiary alicyclic amines) is 1. The van der Waals surface area contributed by atoms with Crippen LogP contribution in [0.4, 0.5) is 0 Å². The van der Waals surface area contributed by atoms with Gasteiger partial charge in [-0.05, 0) is 45.6 Å². The minimum absolute atomic E-state index is 0.274. The Morgan fingerprint density at radius 1 is 1.25 bits per heavy atom. The molecule has 3 heterocycles. The molecule has 1 aromatic heterocycles. The lowest BCUT2D eigenvalue weighted by Gasteiger charge is -2.35. The second-order valence-corrected chi connectivity index (χ2v) is 6.74. The van der Waals surface area contributed by atoms with Crippen LogP contribution in [0.5, 0.6) is 0 Å². The molecule has 0 spiro atoms. The van der Waals surface area contributed by atoms with Crippen LogP contribution < -0.4 is 5.73 Å². The number of nitrogens with two attached hydrogens (primary N) is 1. The standard InChI is InChI=1S/C15H27N5/c1-11(2)19-7-3-4-12(9-19)8-15-18-17-14-6-5-13(16)10-20(14)15/h11-13H,3-10,16H2,1-2H3. The maximum Gasteiger partial charge on any atom is 0.133 e. The van der Waals surface area contributed by atoms with Crippen LogP contribution in [0.2, 0.25) is 0 Å². The van der Waals surface area contributed by atoms with Gasteiger partial charge in [-0.15, -0.1) is 10.2 Å². The number of piperidine rings is 1. The average molecular weight is 277 g/mol. The first kappa shape index (κ1) is 14.0. The van der Waals surface area contributed by atoms with Gasteiger partial charge in [-0.1, -0.05) is 0 Å². The molecule has 2 N–H and O–H groups in total. The molecule has 2 unspecified atom stereocenters. The van der Waals surface area contributed by atoms with E-state index in [9.17, 15) is 0 Å². The summed E-state index contributed by atoms with van der Waals surface area (Å²) in [5.74, 6) is 3.02. The van der Waals surface area contributed by atoms with Gasteiger partial charge in [0.05, 0.1) is 0 Å². The molecule has 0 radical (unpaired) electrons. The van der Waals surface area contributed by atoms with Crippen molar-refractivity contribution >= 4 is 0 Å². The zero-order valence-corrected chi connectivity index (χ0v) is 12.8. The van der Waals surface area contributed by atoms with E-state index in [0.29, 0.717) is 6.04 Å². The van der Waals surface area contributed by atoms with Crippen LogP contribution in [-0.2, 0) is 19.4 Å². The summed E-state index contributed by atoms with van der Waals surface area (Å²) in [6.07, 6.45) is 5.71. The Hall–Kier alpha value is -0.940. The van der Waals surface area contributed by atoms with E-state index in [-0.39, 0.29) is 6.04 Å². The molecule has 0 aromatic carbocycles. The number of nitrogens with zero attached hydrogens (tertiary/aromatic N) is 4. The summed E-state index contributed by atoms with van der Waals surface area (Å²) in [6, 6.07) is 0.925. The number of aromatic nitrogens is 3. The van der Waals surface area contributed by atoms with Crippen LogP contribution in [0, 0.1) is 5.92 Å². The van der Waals surface area contributed by atoms with Gasteiger partial charge in [0, 0.05) is 38.0 Å². The number of hydrogen-bond donors (Lipinski definition) is 1. The number of fused-ring (bicyclic) bond motifs is 1. The van der Waals surface area contributed by atoms with Gasteiger partial charge in [-0.2, -0.15) is 0 Å². The van der Waals surface area contributed by atoms with E-state index in [1.807, 2.05) is 0 Å². The Labute approximate surface area is 121 Å². The predicted octanol–water partition coefficient (Wildman–Crippen LogP) is 1.21. The van der Waals surface area contributed by atoms with Gasteiger partial charge < -0.3 is 15.2 Å². The molecule has 2 aliphatic heterocycles. The second-order valence-electron chi connectivity index (χ2n) is 6.74. The third-order valence-corrected chi connectivity index (χ3v) is 4.81. The second kappa shape index (κ2) is 5.82. The SMILES string of the molecule is CC(C)N1CCCC(Cc2nnc3n2CC(N)CC3)C1. The molecule has 2 atom stereocenters. The highest BCUT2D eigenvalue weighted by Crippen LogP contribution is 2.23. The van der Waals surface area contributed by atoms with E-state index in [2.05, 4.69) is 33.5 Å². The summed E-state index contributed by atoms with van der Waals surface area (Å²) in [5.41, 5.74) is 6.09. The van der Waals surface area contributed by atoms with Crippen molar-refractivity contribution < 1.29 is 0 Å². The fraction of sp³-hybridized carbons (Fsp3) is 0.867. The lowest BCUT2D eigenvalue weighted by molar-refractivity contribution is 0.138. The van der Waals surface area contributed by atoms with Gasteiger partial charge >= 0.3 is 0 Å². The molecule has 0 saturated carbocycles. The summed E-state index contributed by atoms with van der Waals surface area (Å²) >= 11 is 0. The molecule has 1 aromatic rings. The maximum absolute atomic E-state index is 6.09. The van der Waals surface area contributed by atoms with Gasteiger partial charge in [0.15, 0.2) is 0 Å². The quantitative estimate of drug-likeness (QED) is 0.902. The Morgan fingerprint density at radius 2 is 2.10 bits per heavy atom. The van der Waals surface area contributed by atoms with Crippen LogP contribution in [0.1, 0.15) is 44.8 Å². The lowest BCUT2D eigenvalue weighted by atomic mass is 9.93. The molecule has 2 aliphatic rings. The van der Waals surface area contributed by atoms with Crippen molar-refractivity contribution in [3.63, 3.8) is 0 Å². The highest BCUT2D eigenvalue weighted by molar-refractivity contribution is 5.02. The Balaban J connectivity index is 1.67. The number of aryl methyl sites for hydroxylation is 1. The first-order valence-corrected chi connectivity index (χ1v) is 8.04. The van der Waals surface area contributed by atoms with Gasteiger partial charge in [-0.3, -0.25) is 0 Å². The largest absolute Gasteiger partial charge is 0.326 e. The summed E-state index contributed by atoms with van der Waals surface area (Å²) < 4.78 is 2.28. The molecule has 0 amide bonds. The third-order valence-electron chi connectivity index (χ3n) is 4.81. The van der Waals surface area contributed by atoms with Crippen molar-refractivity contribution in [2.75, 3.05) is 13.1 Å². The van der Waals surface area contributed by atoms with Crippen LogP contribution in [0.25, 0.3) is 0 Å². The first-order chi connectivity index (χ1) is 9.63. The van der Waals surface area contributed by atoms with E-state index in [0.717, 1.165) is 43.4 Å². The van der Waals surface area contributed by atoms with Crippen molar-refractivity contribution in [3.05, 3.63) is 11.6 Å². The molecule has 3 rings (SSSR count). The van der Waals surface area contributed by atoms with Crippen molar-refractivity contribution in [3.8, 4) is 0 Å². The van der Waals surface area contributed by atoms with Crippen LogP contribution in [-0.4, -0.2) is 44.8 Å². The molecule has 112 valence electrons. The molecule has 1 saturated heterocycles. The van der Waals surface area contributed by atoms with Crippen LogP contribution >= 0.6 is 0 Å². The molecular formula is C15H27N5. The van der Waals surface area contributed by atoms with E-state index in [1.54, 1.807) is 0 Å². The van der Waals surface area contributed by atoms with Crippen molar-refractivity contribution in [1.82, 2.24) is 19.7 Å². The van der Waals surface area contributed by atoms with Crippen molar-refractivity contribution in [2.45, 2.75) is 64.6 Å². The molecule has 0 bridgehead atoms. The molecule has 20 heavy (non-hydrogen) atoms. The van der Waals surface area contributed by atoms with Crippen molar-refractivity contribution in [1.29, 1.82) is 0 Å². The van der Waals surface area contributed by atoms with Crippen molar-refractivity contribution in [2.24, 2.45) is 11.7 Å². The topological polar surface area (TPSA) is 60.0 Å². The molecule has 5 heteroatoms. The summed E-state index contributed by atoms with van der Waals surface area (Å²) in [7, 11) is 0.